The summed E-state index contributed by atoms with van der Waals surface area (Å²) in [5, 5.41) is 3.77. The lowest BCUT2D eigenvalue weighted by Gasteiger charge is -2.10. The van der Waals surface area contributed by atoms with Gasteiger partial charge >= 0.3 is 0 Å². The molecule has 0 atom stereocenters. The molecule has 1 amide bonds. The van der Waals surface area contributed by atoms with E-state index in [-0.39, 0.29) is 11.7 Å². The lowest BCUT2D eigenvalue weighted by atomic mass is 10.1. The zero-order chi connectivity index (χ0) is 24.0. The molecule has 0 aliphatic rings. The van der Waals surface area contributed by atoms with Gasteiger partial charge in [-0.3, -0.25) is 9.36 Å². The minimum atomic E-state index is -0.244. The van der Waals surface area contributed by atoms with Crippen LogP contribution in [0.15, 0.2) is 102 Å². The van der Waals surface area contributed by atoms with Crippen LogP contribution in [0.4, 0.5) is 4.39 Å². The van der Waals surface area contributed by atoms with E-state index >= 15 is 0 Å². The van der Waals surface area contributed by atoms with Gasteiger partial charge in [-0.05, 0) is 53.1 Å². The Labute approximate surface area is 207 Å². The molecular weight excluding hydrogens is 459 g/mol. The van der Waals surface area contributed by atoms with E-state index in [1.54, 1.807) is 30.1 Å². The Balaban J connectivity index is 1.31. The van der Waals surface area contributed by atoms with Gasteiger partial charge in [0.25, 0.3) is 5.91 Å². The number of benzene rings is 3. The maximum Gasteiger partial charge on any atom is 0.251 e. The topological polar surface area (TPSA) is 59.8 Å². The molecule has 7 heteroatoms. The summed E-state index contributed by atoms with van der Waals surface area (Å²) in [6, 6.07) is 27.8. The Morgan fingerprint density at radius 1 is 0.886 bits per heavy atom. The fraction of sp³-hybridized carbons (Fsp3) is 0.107. The van der Waals surface area contributed by atoms with E-state index in [4.69, 9.17) is 4.98 Å². The number of fused-ring (bicyclic) bond motifs is 1. The van der Waals surface area contributed by atoms with Crippen molar-refractivity contribution in [2.75, 3.05) is 0 Å². The minimum absolute atomic E-state index is 0.110. The van der Waals surface area contributed by atoms with Gasteiger partial charge in [0.15, 0.2) is 10.8 Å². The first kappa shape index (κ1) is 22.8. The maximum absolute atomic E-state index is 13.6. The summed E-state index contributed by atoms with van der Waals surface area (Å²) in [5.74, 6) is 0.245. The molecule has 0 spiro atoms. The molecule has 0 aliphatic carbocycles. The molecule has 0 saturated carbocycles. The van der Waals surface area contributed by atoms with Gasteiger partial charge in [-0.1, -0.05) is 66.4 Å². The number of nitrogens with zero attached hydrogens (tertiary/aromatic N) is 3. The number of pyridine rings is 1. The third-order valence-electron chi connectivity index (χ3n) is 5.58. The summed E-state index contributed by atoms with van der Waals surface area (Å²) in [6.45, 7) is 1.05. The molecule has 5 rings (SSSR count). The fourth-order valence-electron chi connectivity index (χ4n) is 3.79. The van der Waals surface area contributed by atoms with Crippen molar-refractivity contribution in [1.29, 1.82) is 0 Å². The Bertz CT molecular complexity index is 1450. The largest absolute Gasteiger partial charge is 0.348 e. The first-order valence-electron chi connectivity index (χ1n) is 11.3. The number of hydrogen-bond donors (Lipinski definition) is 1. The molecule has 0 bridgehead atoms. The highest BCUT2D eigenvalue weighted by Crippen LogP contribution is 2.27. The van der Waals surface area contributed by atoms with E-state index in [0.717, 1.165) is 33.0 Å². The van der Waals surface area contributed by atoms with Gasteiger partial charge in [-0.25, -0.2) is 14.4 Å². The lowest BCUT2D eigenvalue weighted by Crippen LogP contribution is -2.22. The summed E-state index contributed by atoms with van der Waals surface area (Å²) in [5.41, 5.74) is 5.19. The van der Waals surface area contributed by atoms with E-state index in [0.29, 0.717) is 24.4 Å². The Morgan fingerprint density at radius 2 is 1.69 bits per heavy atom. The van der Waals surface area contributed by atoms with Crippen molar-refractivity contribution < 1.29 is 9.18 Å². The summed E-state index contributed by atoms with van der Waals surface area (Å²) < 4.78 is 15.6. The van der Waals surface area contributed by atoms with E-state index in [1.807, 2.05) is 72.8 Å². The van der Waals surface area contributed by atoms with Gasteiger partial charge in [0.1, 0.15) is 11.3 Å². The molecule has 0 fully saturated rings. The Kier molecular flexibility index (Phi) is 6.86. The first-order valence-corrected chi connectivity index (χ1v) is 12.2. The van der Waals surface area contributed by atoms with E-state index in [9.17, 15) is 9.18 Å². The van der Waals surface area contributed by atoms with Gasteiger partial charge in [-0.15, -0.1) is 0 Å². The molecule has 0 aliphatic heterocycles. The van der Waals surface area contributed by atoms with Gasteiger partial charge in [0, 0.05) is 24.1 Å². The monoisotopic (exact) mass is 482 g/mol. The summed E-state index contributed by atoms with van der Waals surface area (Å²) in [6.07, 6.45) is 1.75. The standard InChI is InChI=1S/C28H23FN4OS/c29-24-9-4-8-22(16-24)19-35-28-32-25-10-5-15-30-26(25)33(28)18-21-11-13-23(14-12-21)27(34)31-17-20-6-2-1-3-7-20/h1-16H,17-19H2,(H,31,34). The van der Waals surface area contributed by atoms with Gasteiger partial charge in [0.05, 0.1) is 6.54 Å². The maximum atomic E-state index is 13.6. The number of hydrogen-bond acceptors (Lipinski definition) is 4. The summed E-state index contributed by atoms with van der Waals surface area (Å²) >= 11 is 1.55. The van der Waals surface area contributed by atoms with Crippen LogP contribution in [0.2, 0.25) is 0 Å². The van der Waals surface area contributed by atoms with Crippen LogP contribution in [0.1, 0.15) is 27.0 Å². The molecule has 3 aromatic carbocycles. The van der Waals surface area contributed by atoms with Gasteiger partial charge in [0.2, 0.25) is 0 Å². The average molecular weight is 483 g/mol. The van der Waals surface area contributed by atoms with Crippen LogP contribution in [0, 0.1) is 5.82 Å². The predicted octanol–water partition coefficient (Wildman–Crippen LogP) is 5.84. The van der Waals surface area contributed by atoms with Crippen LogP contribution in [0.25, 0.3) is 11.2 Å². The van der Waals surface area contributed by atoms with Crippen molar-refractivity contribution in [1.82, 2.24) is 19.9 Å². The minimum Gasteiger partial charge on any atom is -0.348 e. The molecule has 1 N–H and O–H groups in total. The van der Waals surface area contributed by atoms with Crippen LogP contribution in [0.5, 0.6) is 0 Å². The van der Waals surface area contributed by atoms with Crippen molar-refractivity contribution in [2.45, 2.75) is 24.0 Å². The second-order valence-corrected chi connectivity index (χ2v) is 9.05. The molecule has 0 saturated heterocycles. The predicted molar refractivity (Wildman–Crippen MR) is 137 cm³/mol. The molecular formula is C28H23FN4OS. The van der Waals surface area contributed by atoms with Crippen molar-refractivity contribution in [3.8, 4) is 0 Å². The van der Waals surface area contributed by atoms with E-state index in [1.165, 1.54) is 6.07 Å². The molecule has 0 unspecified atom stereocenters. The quantitative estimate of drug-likeness (QED) is 0.282. The number of carbonyl (C=O) groups is 1. The van der Waals surface area contributed by atoms with E-state index in [2.05, 4.69) is 14.9 Å². The SMILES string of the molecule is O=C(NCc1ccccc1)c1ccc(Cn2c(SCc3cccc(F)c3)nc3cccnc32)cc1. The number of nitrogens with one attached hydrogen (secondary N) is 1. The highest BCUT2D eigenvalue weighted by Gasteiger charge is 2.14. The average Bonchev–Trinajstić information content (AvgIpc) is 3.24. The zero-order valence-corrected chi connectivity index (χ0v) is 19.7. The number of amides is 1. The number of aromatic nitrogens is 3. The number of rotatable bonds is 8. The molecule has 2 heterocycles. The molecule has 5 aromatic rings. The van der Waals surface area contributed by atoms with Crippen molar-refractivity contribution in [2.24, 2.45) is 0 Å². The molecule has 0 radical (unpaired) electrons. The summed E-state index contributed by atoms with van der Waals surface area (Å²) in [7, 11) is 0. The molecule has 174 valence electrons. The van der Waals surface area contributed by atoms with Crippen molar-refractivity contribution in [3.63, 3.8) is 0 Å². The van der Waals surface area contributed by atoms with Crippen molar-refractivity contribution >= 4 is 28.8 Å². The number of carbonyl (C=O) groups excluding carboxylic acids is 1. The first-order chi connectivity index (χ1) is 17.2. The second-order valence-electron chi connectivity index (χ2n) is 8.11. The number of halogens is 1. The van der Waals surface area contributed by atoms with Crippen LogP contribution in [-0.4, -0.2) is 20.4 Å². The Morgan fingerprint density at radius 3 is 2.49 bits per heavy atom. The lowest BCUT2D eigenvalue weighted by molar-refractivity contribution is 0.0951. The Hall–Kier alpha value is -3.97. The molecule has 5 nitrogen and oxygen atoms in total. The fourth-order valence-corrected chi connectivity index (χ4v) is 4.73. The van der Waals surface area contributed by atoms with Crippen LogP contribution in [-0.2, 0) is 18.8 Å². The summed E-state index contributed by atoms with van der Waals surface area (Å²) in [4.78, 5) is 21.8. The highest BCUT2D eigenvalue weighted by molar-refractivity contribution is 7.98. The van der Waals surface area contributed by atoms with Crippen LogP contribution < -0.4 is 5.32 Å². The number of thioether (sulfide) groups is 1. The van der Waals surface area contributed by atoms with Gasteiger partial charge in [-0.2, -0.15) is 0 Å². The van der Waals surface area contributed by atoms with E-state index < -0.39 is 0 Å². The highest BCUT2D eigenvalue weighted by atomic mass is 32.2. The smallest absolute Gasteiger partial charge is 0.251 e. The number of imidazole rings is 1. The van der Waals surface area contributed by atoms with Gasteiger partial charge < -0.3 is 5.32 Å². The molecule has 35 heavy (non-hydrogen) atoms. The van der Waals surface area contributed by atoms with Crippen LogP contribution in [0.3, 0.4) is 0 Å². The van der Waals surface area contributed by atoms with Crippen molar-refractivity contribution in [3.05, 3.63) is 125 Å². The second kappa shape index (κ2) is 10.5. The zero-order valence-electron chi connectivity index (χ0n) is 18.9. The molecule has 2 aromatic heterocycles. The third-order valence-corrected chi connectivity index (χ3v) is 6.63. The third kappa shape index (κ3) is 5.58. The van der Waals surface area contributed by atoms with Crippen LogP contribution >= 0.6 is 11.8 Å². The normalized spacial score (nSPS) is 11.0.